The maximum absolute atomic E-state index is 13.4. The Balaban J connectivity index is 1.52. The van der Waals surface area contributed by atoms with Crippen molar-refractivity contribution in [3.8, 4) is 0 Å². The molecule has 1 aromatic heterocycles. The van der Waals surface area contributed by atoms with Gasteiger partial charge in [0.1, 0.15) is 5.82 Å². The van der Waals surface area contributed by atoms with Gasteiger partial charge < -0.3 is 9.47 Å². The molecule has 0 spiro atoms. The maximum Gasteiger partial charge on any atom is 0.225 e. The number of hydrogen-bond acceptors (Lipinski definition) is 2. The van der Waals surface area contributed by atoms with Crippen molar-refractivity contribution in [1.29, 1.82) is 0 Å². The summed E-state index contributed by atoms with van der Waals surface area (Å²) in [4.78, 5) is 18.4. The number of likely N-dealkylation sites (tertiary alicyclic amines) is 1. The summed E-state index contributed by atoms with van der Waals surface area (Å²) >= 11 is 0. The average Bonchev–Trinajstić information content (AvgIpc) is 3.27. The van der Waals surface area contributed by atoms with Gasteiger partial charge in [0.25, 0.3) is 0 Å². The monoisotopic (exact) mass is 287 g/mol. The molecule has 4 rings (SSSR count). The molecule has 21 heavy (non-hydrogen) atoms. The quantitative estimate of drug-likeness (QED) is 0.852. The minimum absolute atomic E-state index is 0.231. The van der Waals surface area contributed by atoms with Crippen molar-refractivity contribution >= 4 is 16.9 Å². The molecule has 2 aliphatic rings. The summed E-state index contributed by atoms with van der Waals surface area (Å²) in [5.41, 5.74) is 1.68. The van der Waals surface area contributed by atoms with Crippen LogP contribution in [0.25, 0.3) is 11.0 Å². The maximum atomic E-state index is 13.4. The van der Waals surface area contributed by atoms with E-state index in [0.29, 0.717) is 17.9 Å². The number of hydrogen-bond donors (Lipinski definition) is 0. The van der Waals surface area contributed by atoms with Crippen molar-refractivity contribution in [3.63, 3.8) is 0 Å². The number of nitrogens with zero attached hydrogens (tertiary/aromatic N) is 3. The van der Waals surface area contributed by atoms with Gasteiger partial charge in [0.05, 0.1) is 17.4 Å². The van der Waals surface area contributed by atoms with Gasteiger partial charge in [-0.2, -0.15) is 0 Å². The first-order chi connectivity index (χ1) is 10.2. The van der Waals surface area contributed by atoms with Crippen molar-refractivity contribution in [3.05, 3.63) is 30.3 Å². The number of carbonyl (C=O) groups is 1. The number of aromatic nitrogens is 2. The van der Waals surface area contributed by atoms with Crippen LogP contribution in [-0.4, -0.2) is 33.4 Å². The first-order valence-electron chi connectivity index (χ1n) is 7.63. The van der Waals surface area contributed by atoms with E-state index < -0.39 is 0 Å². The van der Waals surface area contributed by atoms with E-state index in [1.807, 2.05) is 4.90 Å². The Morgan fingerprint density at radius 3 is 2.67 bits per heavy atom. The van der Waals surface area contributed by atoms with Crippen molar-refractivity contribution in [1.82, 2.24) is 14.5 Å². The first kappa shape index (κ1) is 12.8. The van der Waals surface area contributed by atoms with E-state index in [4.69, 9.17) is 0 Å². The molecule has 0 bridgehead atoms. The zero-order valence-electron chi connectivity index (χ0n) is 11.8. The van der Waals surface area contributed by atoms with Gasteiger partial charge >= 0.3 is 0 Å². The van der Waals surface area contributed by atoms with Gasteiger partial charge in [-0.15, -0.1) is 0 Å². The standard InChI is InChI=1S/C16H18FN3O/c17-12-3-4-14-15(9-12)20(10-18-14)13-5-7-19(8-6-13)16(21)11-1-2-11/h3-4,9-11,13H,1-2,5-8H2. The Morgan fingerprint density at radius 1 is 1.19 bits per heavy atom. The summed E-state index contributed by atoms with van der Waals surface area (Å²) in [6.07, 6.45) is 5.75. The van der Waals surface area contributed by atoms with Crippen LogP contribution in [0.15, 0.2) is 24.5 Å². The molecule has 4 nitrogen and oxygen atoms in total. The second kappa shape index (κ2) is 4.83. The van der Waals surface area contributed by atoms with Crippen LogP contribution in [0.3, 0.4) is 0 Å². The second-order valence-electron chi connectivity index (χ2n) is 6.12. The van der Waals surface area contributed by atoms with Crippen molar-refractivity contribution in [2.24, 2.45) is 5.92 Å². The average molecular weight is 287 g/mol. The minimum Gasteiger partial charge on any atom is -0.342 e. The number of halogens is 1. The minimum atomic E-state index is -0.231. The lowest BCUT2D eigenvalue weighted by molar-refractivity contribution is -0.133. The van der Waals surface area contributed by atoms with E-state index in [0.717, 1.165) is 49.8 Å². The molecule has 1 aliphatic carbocycles. The highest BCUT2D eigenvalue weighted by Gasteiger charge is 2.35. The first-order valence-corrected chi connectivity index (χ1v) is 7.63. The SMILES string of the molecule is O=C(C1CC1)N1CCC(n2cnc3ccc(F)cc32)CC1. The summed E-state index contributed by atoms with van der Waals surface area (Å²) in [5, 5.41) is 0. The molecule has 2 fully saturated rings. The van der Waals surface area contributed by atoms with Gasteiger partial charge in [-0.05, 0) is 43.9 Å². The summed E-state index contributed by atoms with van der Waals surface area (Å²) in [6.45, 7) is 1.60. The van der Waals surface area contributed by atoms with E-state index in [1.54, 1.807) is 18.5 Å². The molecule has 1 aliphatic heterocycles. The molecule has 0 atom stereocenters. The van der Waals surface area contributed by atoms with Gasteiger partial charge in [-0.1, -0.05) is 0 Å². The van der Waals surface area contributed by atoms with Crippen LogP contribution in [0.1, 0.15) is 31.7 Å². The zero-order valence-corrected chi connectivity index (χ0v) is 11.8. The fourth-order valence-corrected chi connectivity index (χ4v) is 3.24. The Hall–Kier alpha value is -1.91. The molecule has 0 unspecified atom stereocenters. The van der Waals surface area contributed by atoms with Crippen LogP contribution in [-0.2, 0) is 4.79 Å². The van der Waals surface area contributed by atoms with Crippen LogP contribution in [0.2, 0.25) is 0 Å². The summed E-state index contributed by atoms with van der Waals surface area (Å²) in [6, 6.07) is 5.01. The molecule has 5 heteroatoms. The van der Waals surface area contributed by atoms with Gasteiger partial charge in [-0.3, -0.25) is 4.79 Å². The molecule has 1 aromatic carbocycles. The number of piperidine rings is 1. The van der Waals surface area contributed by atoms with Crippen LogP contribution in [0.4, 0.5) is 4.39 Å². The normalized spacial score (nSPS) is 20.1. The molecule has 2 aromatic rings. The predicted molar refractivity (Wildman–Crippen MR) is 77.3 cm³/mol. The van der Waals surface area contributed by atoms with E-state index in [-0.39, 0.29) is 5.82 Å². The second-order valence-corrected chi connectivity index (χ2v) is 6.12. The van der Waals surface area contributed by atoms with Crippen LogP contribution >= 0.6 is 0 Å². The molecule has 1 saturated heterocycles. The number of rotatable bonds is 2. The molecule has 0 N–H and O–H groups in total. The molecule has 0 radical (unpaired) electrons. The van der Waals surface area contributed by atoms with Gasteiger partial charge in [0.15, 0.2) is 0 Å². The third-order valence-electron chi connectivity index (χ3n) is 4.63. The summed E-state index contributed by atoms with van der Waals surface area (Å²) in [5.74, 6) is 0.394. The smallest absolute Gasteiger partial charge is 0.225 e. The number of fused-ring (bicyclic) bond motifs is 1. The summed E-state index contributed by atoms with van der Waals surface area (Å²) < 4.78 is 15.5. The van der Waals surface area contributed by atoms with Gasteiger partial charge in [-0.25, -0.2) is 9.37 Å². The highest BCUT2D eigenvalue weighted by Crippen LogP contribution is 2.33. The lowest BCUT2D eigenvalue weighted by Crippen LogP contribution is -2.39. The van der Waals surface area contributed by atoms with E-state index in [2.05, 4.69) is 9.55 Å². The molecular formula is C16H18FN3O. The highest BCUT2D eigenvalue weighted by atomic mass is 19.1. The third kappa shape index (κ3) is 2.30. The molecule has 110 valence electrons. The fraction of sp³-hybridized carbons (Fsp3) is 0.500. The van der Waals surface area contributed by atoms with Gasteiger partial charge in [0, 0.05) is 25.0 Å². The van der Waals surface area contributed by atoms with E-state index >= 15 is 0 Å². The summed E-state index contributed by atoms with van der Waals surface area (Å²) in [7, 11) is 0. The van der Waals surface area contributed by atoms with Crippen LogP contribution in [0, 0.1) is 11.7 Å². The van der Waals surface area contributed by atoms with Crippen molar-refractivity contribution < 1.29 is 9.18 Å². The highest BCUT2D eigenvalue weighted by molar-refractivity contribution is 5.81. The van der Waals surface area contributed by atoms with Crippen LogP contribution < -0.4 is 0 Å². The van der Waals surface area contributed by atoms with Gasteiger partial charge in [0.2, 0.25) is 5.91 Å². The Morgan fingerprint density at radius 2 is 1.95 bits per heavy atom. The number of benzene rings is 1. The number of imidazole rings is 1. The van der Waals surface area contributed by atoms with Crippen molar-refractivity contribution in [2.75, 3.05) is 13.1 Å². The Labute approximate surface area is 122 Å². The predicted octanol–water partition coefficient (Wildman–Crippen LogP) is 2.75. The molecule has 2 heterocycles. The number of amides is 1. The third-order valence-corrected chi connectivity index (χ3v) is 4.63. The lowest BCUT2D eigenvalue weighted by Gasteiger charge is -2.33. The lowest BCUT2D eigenvalue weighted by atomic mass is 10.0. The molecule has 1 amide bonds. The Bertz CT molecular complexity index is 684. The van der Waals surface area contributed by atoms with E-state index in [1.165, 1.54) is 6.07 Å². The molecule has 1 saturated carbocycles. The fourth-order valence-electron chi connectivity index (χ4n) is 3.24. The zero-order chi connectivity index (χ0) is 14.4. The van der Waals surface area contributed by atoms with E-state index in [9.17, 15) is 9.18 Å². The van der Waals surface area contributed by atoms with Crippen LogP contribution in [0.5, 0.6) is 0 Å². The Kier molecular flexibility index (Phi) is 2.94. The molecular weight excluding hydrogens is 269 g/mol. The topological polar surface area (TPSA) is 38.1 Å². The largest absolute Gasteiger partial charge is 0.342 e. The van der Waals surface area contributed by atoms with Crippen molar-refractivity contribution in [2.45, 2.75) is 31.7 Å². The number of carbonyl (C=O) groups excluding carboxylic acids is 1.